The molecule has 2 aromatic carbocycles. The van der Waals surface area contributed by atoms with E-state index in [-0.39, 0.29) is 10.9 Å². The van der Waals surface area contributed by atoms with Gasteiger partial charge in [0.05, 0.1) is 26.4 Å². The summed E-state index contributed by atoms with van der Waals surface area (Å²) in [6.07, 6.45) is 8.52. The van der Waals surface area contributed by atoms with Crippen LogP contribution in [0.3, 0.4) is 0 Å². The predicted molar refractivity (Wildman–Crippen MR) is 172 cm³/mol. The van der Waals surface area contributed by atoms with Gasteiger partial charge in [0.1, 0.15) is 0 Å². The second kappa shape index (κ2) is 14.3. The molecule has 2 N–H and O–H groups in total. The highest BCUT2D eigenvalue weighted by atomic mass is 35.5. The molecule has 0 bridgehead atoms. The molecule has 3 aliphatic rings. The minimum absolute atomic E-state index is 0.0910. The molecule has 5 rings (SSSR count). The van der Waals surface area contributed by atoms with Crippen molar-refractivity contribution < 1.29 is 26.7 Å². The Balaban J connectivity index is 1.03. The summed E-state index contributed by atoms with van der Waals surface area (Å²) in [5.41, 5.74) is 0.830. The highest BCUT2D eigenvalue weighted by Crippen LogP contribution is 2.35. The number of benzene rings is 2. The van der Waals surface area contributed by atoms with Gasteiger partial charge in [-0.2, -0.15) is 4.31 Å². The molecular weight excluding hydrogens is 645 g/mol. The fourth-order valence-corrected chi connectivity index (χ4v) is 10.1. The Morgan fingerprint density at radius 1 is 0.818 bits per heavy atom. The van der Waals surface area contributed by atoms with Crippen LogP contribution in [0.1, 0.15) is 64.2 Å². The molecule has 242 valence electrons. The van der Waals surface area contributed by atoms with Gasteiger partial charge < -0.3 is 10.0 Å². The number of sulfonamides is 2. The van der Waals surface area contributed by atoms with Crippen molar-refractivity contribution in [2.24, 2.45) is 17.8 Å². The average molecular weight is 687 g/mol. The lowest BCUT2D eigenvalue weighted by molar-refractivity contribution is -0.141. The standard InChI is InChI=1S/C31H41Cl2N3O6S2/c32-25-5-8-27(9-6-25)44(41,42)36-18-14-23(15-19-36)3-1-2-22-12-16-35(17-13-22)30-11-10-28(21-29(30)33)43(39,40)34-26-7-4-24(20-26)31(37)38/h5-6,8-11,21-24,26,34H,1-4,7,12-20H2,(H,37,38). The van der Waals surface area contributed by atoms with Crippen LogP contribution in [-0.4, -0.2) is 64.4 Å². The van der Waals surface area contributed by atoms with Gasteiger partial charge in [-0.3, -0.25) is 4.79 Å². The van der Waals surface area contributed by atoms with Crippen LogP contribution < -0.4 is 9.62 Å². The number of piperidine rings is 2. The molecule has 1 aliphatic carbocycles. The molecule has 2 atom stereocenters. The molecule has 1 saturated carbocycles. The maximum atomic E-state index is 13.0. The zero-order valence-electron chi connectivity index (χ0n) is 24.7. The lowest BCUT2D eigenvalue weighted by Gasteiger charge is -2.35. The van der Waals surface area contributed by atoms with Crippen molar-refractivity contribution >= 4 is 54.9 Å². The Morgan fingerprint density at radius 2 is 1.41 bits per heavy atom. The van der Waals surface area contributed by atoms with Gasteiger partial charge in [0, 0.05) is 37.2 Å². The first-order chi connectivity index (χ1) is 20.9. The molecule has 9 nitrogen and oxygen atoms in total. The summed E-state index contributed by atoms with van der Waals surface area (Å²) in [6.45, 7) is 2.82. The normalized spacial score (nSPS) is 22.8. The molecule has 2 aromatic rings. The van der Waals surface area contributed by atoms with Gasteiger partial charge in [-0.05, 0) is 99.2 Å². The van der Waals surface area contributed by atoms with Gasteiger partial charge in [0.25, 0.3) is 0 Å². The zero-order chi connectivity index (χ0) is 31.5. The molecular formula is C31H41Cl2N3O6S2. The van der Waals surface area contributed by atoms with E-state index >= 15 is 0 Å². The van der Waals surface area contributed by atoms with Crippen LogP contribution >= 0.6 is 23.2 Å². The monoisotopic (exact) mass is 685 g/mol. The van der Waals surface area contributed by atoms with Gasteiger partial charge in [-0.1, -0.05) is 42.5 Å². The van der Waals surface area contributed by atoms with E-state index in [1.165, 1.54) is 6.07 Å². The molecule has 2 heterocycles. The number of rotatable bonds is 11. The van der Waals surface area contributed by atoms with Crippen molar-refractivity contribution in [1.29, 1.82) is 0 Å². The van der Waals surface area contributed by atoms with Crippen LogP contribution in [-0.2, 0) is 24.8 Å². The smallest absolute Gasteiger partial charge is 0.306 e. The Kier molecular flexibility index (Phi) is 10.8. The van der Waals surface area contributed by atoms with Crippen molar-refractivity contribution in [3.8, 4) is 0 Å². The molecule has 3 fully saturated rings. The predicted octanol–water partition coefficient (Wildman–Crippen LogP) is 6.01. The number of halogens is 2. The number of hydrogen-bond acceptors (Lipinski definition) is 6. The number of aliphatic carboxylic acids is 1. The van der Waals surface area contributed by atoms with Crippen LogP contribution in [0.25, 0.3) is 0 Å². The summed E-state index contributed by atoms with van der Waals surface area (Å²) in [7, 11) is -7.28. The van der Waals surface area contributed by atoms with E-state index in [0.29, 0.717) is 59.1 Å². The number of carbonyl (C=O) groups is 1. The molecule has 0 aromatic heterocycles. The second-order valence-electron chi connectivity index (χ2n) is 12.4. The second-order valence-corrected chi connectivity index (χ2v) is 16.9. The first-order valence-electron chi connectivity index (χ1n) is 15.5. The maximum Gasteiger partial charge on any atom is 0.306 e. The summed E-state index contributed by atoms with van der Waals surface area (Å²) in [4.78, 5) is 13.8. The molecule has 2 saturated heterocycles. The number of nitrogens with zero attached hydrogens (tertiary/aromatic N) is 2. The van der Waals surface area contributed by atoms with Crippen molar-refractivity contribution in [1.82, 2.24) is 9.03 Å². The van der Waals surface area contributed by atoms with Crippen molar-refractivity contribution in [3.05, 3.63) is 52.5 Å². The van der Waals surface area contributed by atoms with Crippen LogP contribution in [0.5, 0.6) is 0 Å². The highest BCUT2D eigenvalue weighted by Gasteiger charge is 2.33. The number of nitrogens with one attached hydrogen (secondary N) is 1. The first kappa shape index (κ1) is 33.5. The van der Waals surface area contributed by atoms with E-state index in [4.69, 9.17) is 23.2 Å². The minimum atomic E-state index is -3.80. The van der Waals surface area contributed by atoms with E-state index in [2.05, 4.69) is 9.62 Å². The van der Waals surface area contributed by atoms with Crippen molar-refractivity contribution in [3.63, 3.8) is 0 Å². The number of carboxylic acid groups (broad SMARTS) is 1. The van der Waals surface area contributed by atoms with E-state index in [1.54, 1.807) is 40.7 Å². The van der Waals surface area contributed by atoms with Crippen LogP contribution in [0.2, 0.25) is 10.0 Å². The molecule has 0 spiro atoms. The van der Waals surface area contributed by atoms with Gasteiger partial charge in [0.15, 0.2) is 0 Å². The minimum Gasteiger partial charge on any atom is -0.481 e. The summed E-state index contributed by atoms with van der Waals surface area (Å²) >= 11 is 12.5. The first-order valence-corrected chi connectivity index (χ1v) is 19.2. The lowest BCUT2D eigenvalue weighted by Crippen LogP contribution is -2.38. The fraction of sp³-hybridized carbons (Fsp3) is 0.581. The molecule has 2 unspecified atom stereocenters. The highest BCUT2D eigenvalue weighted by molar-refractivity contribution is 7.89. The number of carboxylic acids is 1. The zero-order valence-corrected chi connectivity index (χ0v) is 27.9. The number of hydrogen-bond donors (Lipinski definition) is 2. The quantitative estimate of drug-likeness (QED) is 0.297. The van der Waals surface area contributed by atoms with Gasteiger partial charge in [-0.25, -0.2) is 21.6 Å². The molecule has 13 heteroatoms. The third-order valence-electron chi connectivity index (χ3n) is 9.54. The van der Waals surface area contributed by atoms with Gasteiger partial charge in [-0.15, -0.1) is 0 Å². The number of anilines is 1. The van der Waals surface area contributed by atoms with Crippen molar-refractivity contribution in [2.75, 3.05) is 31.1 Å². The summed E-state index contributed by atoms with van der Waals surface area (Å²) < 4.78 is 56.0. The third-order valence-corrected chi connectivity index (χ3v) is 13.5. The lowest BCUT2D eigenvalue weighted by atomic mass is 9.87. The van der Waals surface area contributed by atoms with E-state index in [0.717, 1.165) is 63.7 Å². The maximum absolute atomic E-state index is 13.0. The molecule has 0 amide bonds. The fourth-order valence-electron chi connectivity index (χ4n) is 6.86. The third kappa shape index (κ3) is 8.09. The van der Waals surface area contributed by atoms with Crippen LogP contribution in [0.15, 0.2) is 52.3 Å². The Hall–Kier alpha value is -1.89. The topological polar surface area (TPSA) is 124 Å². The Morgan fingerprint density at radius 3 is 1.98 bits per heavy atom. The van der Waals surface area contributed by atoms with Crippen LogP contribution in [0.4, 0.5) is 5.69 Å². The SMILES string of the molecule is O=C(O)C1CCC(NS(=O)(=O)c2ccc(N3CCC(CCCC4CCN(S(=O)(=O)c5ccc(Cl)cc5)CC4)CC3)c(Cl)c2)C1. The van der Waals surface area contributed by atoms with Crippen LogP contribution in [0, 0.1) is 17.8 Å². The van der Waals surface area contributed by atoms with Crippen molar-refractivity contribution in [2.45, 2.75) is 80.0 Å². The van der Waals surface area contributed by atoms with E-state index in [9.17, 15) is 26.7 Å². The van der Waals surface area contributed by atoms with Gasteiger partial charge >= 0.3 is 5.97 Å². The summed E-state index contributed by atoms with van der Waals surface area (Å²) in [5.74, 6) is -0.227. The van der Waals surface area contributed by atoms with Gasteiger partial charge in [0.2, 0.25) is 20.0 Å². The average Bonchev–Trinajstić information content (AvgIpc) is 3.46. The summed E-state index contributed by atoms with van der Waals surface area (Å²) in [6, 6.07) is 10.8. The van der Waals surface area contributed by atoms with E-state index < -0.39 is 31.9 Å². The molecule has 0 radical (unpaired) electrons. The molecule has 2 aliphatic heterocycles. The molecule has 44 heavy (non-hydrogen) atoms. The van der Waals surface area contributed by atoms with E-state index in [1.807, 2.05) is 0 Å². The Labute approximate surface area is 271 Å². The Bertz CT molecular complexity index is 1520. The summed E-state index contributed by atoms with van der Waals surface area (Å²) in [5, 5.41) is 10.1. The largest absolute Gasteiger partial charge is 0.481 e.